The van der Waals surface area contributed by atoms with Crippen LogP contribution < -0.4 is 5.32 Å². The summed E-state index contributed by atoms with van der Waals surface area (Å²) in [5.74, 6) is 0.175. The molecule has 1 amide bonds. The van der Waals surface area contributed by atoms with Crippen molar-refractivity contribution in [3.05, 3.63) is 33.9 Å². The van der Waals surface area contributed by atoms with E-state index in [9.17, 15) is 14.9 Å². The summed E-state index contributed by atoms with van der Waals surface area (Å²) < 4.78 is 1.37. The van der Waals surface area contributed by atoms with E-state index in [1.807, 2.05) is 0 Å². The molecular weight excluding hydrogens is 240 g/mol. The van der Waals surface area contributed by atoms with Gasteiger partial charge in [0.05, 0.1) is 11.1 Å². The van der Waals surface area contributed by atoms with Crippen molar-refractivity contribution in [2.75, 3.05) is 5.32 Å². The van der Waals surface area contributed by atoms with Crippen LogP contribution in [0.2, 0.25) is 0 Å². The van der Waals surface area contributed by atoms with E-state index >= 15 is 0 Å². The monoisotopic (exact) mass is 250 g/mol. The van der Waals surface area contributed by atoms with Crippen LogP contribution in [-0.2, 0) is 7.05 Å². The number of amides is 1. The molecule has 0 bridgehead atoms. The molecule has 0 saturated heterocycles. The van der Waals surface area contributed by atoms with Crippen LogP contribution in [0, 0.1) is 17.0 Å². The second-order valence-corrected chi connectivity index (χ2v) is 3.65. The highest BCUT2D eigenvalue weighted by molar-refractivity contribution is 6.02. The number of carbonyl (C=O) groups excluding carboxylic acids is 1. The first-order chi connectivity index (χ1) is 8.47. The number of carbonyl (C=O) groups is 1. The van der Waals surface area contributed by atoms with Gasteiger partial charge in [0.15, 0.2) is 0 Å². The van der Waals surface area contributed by atoms with E-state index in [1.54, 1.807) is 14.0 Å². The first-order valence-corrected chi connectivity index (χ1v) is 4.98. The molecule has 0 saturated carbocycles. The Kier molecular flexibility index (Phi) is 2.80. The summed E-state index contributed by atoms with van der Waals surface area (Å²) >= 11 is 0. The number of hydrogen-bond donors (Lipinski definition) is 2. The van der Waals surface area contributed by atoms with Gasteiger partial charge in [-0.1, -0.05) is 0 Å². The van der Waals surface area contributed by atoms with Crippen molar-refractivity contribution < 1.29 is 9.72 Å². The van der Waals surface area contributed by atoms with Crippen LogP contribution in [0.1, 0.15) is 16.3 Å². The van der Waals surface area contributed by atoms with E-state index < -0.39 is 10.8 Å². The number of aromatic nitrogens is 4. The van der Waals surface area contributed by atoms with Crippen LogP contribution in [0.15, 0.2) is 12.3 Å². The van der Waals surface area contributed by atoms with E-state index in [0.717, 1.165) is 0 Å². The van der Waals surface area contributed by atoms with Crippen molar-refractivity contribution in [3.8, 4) is 0 Å². The lowest BCUT2D eigenvalue weighted by molar-refractivity contribution is -0.384. The van der Waals surface area contributed by atoms with E-state index in [0.29, 0.717) is 5.82 Å². The van der Waals surface area contributed by atoms with Crippen molar-refractivity contribution in [2.45, 2.75) is 6.92 Å². The highest BCUT2D eigenvalue weighted by Crippen LogP contribution is 2.15. The van der Waals surface area contributed by atoms with E-state index in [2.05, 4.69) is 20.5 Å². The zero-order chi connectivity index (χ0) is 13.3. The number of hydrogen-bond acceptors (Lipinski definition) is 5. The molecule has 0 radical (unpaired) electrons. The lowest BCUT2D eigenvalue weighted by Crippen LogP contribution is -2.16. The van der Waals surface area contributed by atoms with Crippen LogP contribution in [0.25, 0.3) is 0 Å². The minimum absolute atomic E-state index is 0.126. The standard InChI is InChI=1S/C9H10N6O3/c1-5-10-9(13-12-5)11-8(16)7-3-6(15(17)18)4-14(7)2/h3-4H,1-2H3,(H2,10,11,12,13,16). The van der Waals surface area contributed by atoms with Gasteiger partial charge in [-0.25, -0.2) is 0 Å². The predicted molar refractivity (Wildman–Crippen MR) is 61.1 cm³/mol. The average Bonchev–Trinajstić information content (AvgIpc) is 2.85. The predicted octanol–water partition coefficient (Wildman–Crippen LogP) is 0.612. The number of nitro groups is 1. The van der Waals surface area contributed by atoms with Crippen molar-refractivity contribution in [2.24, 2.45) is 7.05 Å². The zero-order valence-corrected chi connectivity index (χ0v) is 9.67. The quantitative estimate of drug-likeness (QED) is 0.611. The van der Waals surface area contributed by atoms with Gasteiger partial charge in [-0.2, -0.15) is 4.98 Å². The molecule has 0 atom stereocenters. The molecule has 0 spiro atoms. The van der Waals surface area contributed by atoms with Gasteiger partial charge in [0.2, 0.25) is 5.95 Å². The van der Waals surface area contributed by atoms with Gasteiger partial charge in [0, 0.05) is 13.1 Å². The molecule has 0 unspecified atom stereocenters. The first kappa shape index (κ1) is 11.8. The van der Waals surface area contributed by atoms with Gasteiger partial charge in [-0.3, -0.25) is 25.3 Å². The molecule has 94 valence electrons. The second kappa shape index (κ2) is 4.28. The van der Waals surface area contributed by atoms with Crippen molar-refractivity contribution in [3.63, 3.8) is 0 Å². The van der Waals surface area contributed by atoms with Crippen LogP contribution in [0.3, 0.4) is 0 Å². The average molecular weight is 250 g/mol. The topological polar surface area (TPSA) is 119 Å². The second-order valence-electron chi connectivity index (χ2n) is 3.65. The SMILES string of the molecule is Cc1nc(NC(=O)c2cc([N+](=O)[O-])cn2C)n[nH]1. The fourth-order valence-corrected chi connectivity index (χ4v) is 1.44. The molecule has 9 heteroatoms. The highest BCUT2D eigenvalue weighted by atomic mass is 16.6. The third-order valence-corrected chi connectivity index (χ3v) is 2.26. The maximum Gasteiger partial charge on any atom is 0.287 e. The van der Waals surface area contributed by atoms with Crippen LogP contribution in [-0.4, -0.2) is 30.6 Å². The van der Waals surface area contributed by atoms with Crippen LogP contribution >= 0.6 is 0 Å². The molecule has 2 N–H and O–H groups in total. The normalized spacial score (nSPS) is 10.3. The third kappa shape index (κ3) is 2.19. The van der Waals surface area contributed by atoms with Gasteiger partial charge >= 0.3 is 0 Å². The van der Waals surface area contributed by atoms with E-state index in [-0.39, 0.29) is 17.3 Å². The van der Waals surface area contributed by atoms with Gasteiger partial charge < -0.3 is 4.57 Å². The Bertz CT molecular complexity index is 614. The largest absolute Gasteiger partial charge is 0.340 e. The number of aromatic amines is 1. The molecule has 0 aliphatic carbocycles. The van der Waals surface area contributed by atoms with Crippen molar-refractivity contribution in [1.82, 2.24) is 19.7 Å². The van der Waals surface area contributed by atoms with Crippen LogP contribution in [0.4, 0.5) is 11.6 Å². The molecule has 18 heavy (non-hydrogen) atoms. The summed E-state index contributed by atoms with van der Waals surface area (Å²) in [6.45, 7) is 1.69. The molecule has 0 aromatic carbocycles. The number of nitrogens with one attached hydrogen (secondary N) is 2. The molecule has 0 aliphatic rings. The summed E-state index contributed by atoms with van der Waals surface area (Å²) in [4.78, 5) is 25.8. The minimum Gasteiger partial charge on any atom is -0.340 e. The molecule has 2 aromatic rings. The number of aryl methyl sites for hydroxylation is 2. The first-order valence-electron chi connectivity index (χ1n) is 4.98. The smallest absolute Gasteiger partial charge is 0.287 e. The fraction of sp³-hybridized carbons (Fsp3) is 0.222. The van der Waals surface area contributed by atoms with Crippen LogP contribution in [0.5, 0.6) is 0 Å². The summed E-state index contributed by atoms with van der Waals surface area (Å²) in [5, 5.41) is 19.3. The van der Waals surface area contributed by atoms with Gasteiger partial charge in [-0.15, -0.1) is 5.10 Å². The Morgan fingerprint density at radius 1 is 1.61 bits per heavy atom. The number of H-pyrrole nitrogens is 1. The lowest BCUT2D eigenvalue weighted by atomic mass is 10.4. The Hall–Kier alpha value is -2.71. The Morgan fingerprint density at radius 2 is 2.33 bits per heavy atom. The molecule has 0 aliphatic heterocycles. The Labute approximate surface area is 101 Å². The van der Waals surface area contributed by atoms with Gasteiger partial charge in [-0.05, 0) is 6.92 Å². The Morgan fingerprint density at radius 3 is 2.83 bits per heavy atom. The summed E-state index contributed by atoms with van der Waals surface area (Å²) in [6, 6.07) is 1.19. The van der Waals surface area contributed by atoms with Crippen molar-refractivity contribution >= 4 is 17.5 Å². The number of nitrogens with zero attached hydrogens (tertiary/aromatic N) is 4. The van der Waals surface area contributed by atoms with Gasteiger partial charge in [0.1, 0.15) is 11.5 Å². The minimum atomic E-state index is -0.562. The van der Waals surface area contributed by atoms with E-state index in [4.69, 9.17) is 0 Å². The number of anilines is 1. The summed E-state index contributed by atoms with van der Waals surface area (Å²) in [6.07, 6.45) is 1.26. The lowest BCUT2D eigenvalue weighted by Gasteiger charge is -2.00. The summed E-state index contributed by atoms with van der Waals surface area (Å²) in [7, 11) is 1.55. The zero-order valence-electron chi connectivity index (χ0n) is 9.67. The Balaban J connectivity index is 2.21. The molecule has 0 fully saturated rings. The maximum atomic E-state index is 11.8. The maximum absolute atomic E-state index is 11.8. The van der Waals surface area contributed by atoms with E-state index in [1.165, 1.54) is 16.8 Å². The number of rotatable bonds is 3. The molecule has 2 aromatic heterocycles. The molecule has 2 rings (SSSR count). The van der Waals surface area contributed by atoms with Gasteiger partial charge in [0.25, 0.3) is 11.6 Å². The van der Waals surface area contributed by atoms with Crippen molar-refractivity contribution in [1.29, 1.82) is 0 Å². The molecule has 9 nitrogen and oxygen atoms in total. The third-order valence-electron chi connectivity index (χ3n) is 2.26. The summed E-state index contributed by atoms with van der Waals surface area (Å²) in [5.41, 5.74) is 0.0120. The molecule has 2 heterocycles. The molecular formula is C9H10N6O3. The fourth-order valence-electron chi connectivity index (χ4n) is 1.44. The highest BCUT2D eigenvalue weighted by Gasteiger charge is 2.18.